The number of carbonyl (C=O) groups excluding carboxylic acids is 1. The summed E-state index contributed by atoms with van der Waals surface area (Å²) in [5.41, 5.74) is 0.632. The van der Waals surface area contributed by atoms with E-state index in [9.17, 15) is 17.6 Å². The van der Waals surface area contributed by atoms with Gasteiger partial charge in [0, 0.05) is 26.2 Å². The molecule has 2 aliphatic heterocycles. The topological polar surface area (TPSA) is 79.0 Å². The van der Waals surface area contributed by atoms with Crippen LogP contribution in [-0.4, -0.2) is 62.9 Å². The minimum atomic E-state index is -3.79. The fourth-order valence-corrected chi connectivity index (χ4v) is 4.27. The molecule has 2 atom stereocenters. The third-order valence-corrected chi connectivity index (χ3v) is 6.04. The van der Waals surface area contributed by atoms with Gasteiger partial charge in [0.2, 0.25) is 5.91 Å². The van der Waals surface area contributed by atoms with Crippen LogP contribution in [0.15, 0.2) is 24.3 Å². The lowest BCUT2D eigenvalue weighted by Crippen LogP contribution is -2.58. The van der Waals surface area contributed by atoms with Crippen LogP contribution < -0.4 is 4.72 Å². The Balaban J connectivity index is 1.84. The van der Waals surface area contributed by atoms with Gasteiger partial charge < -0.3 is 9.64 Å². The molecule has 1 aromatic rings. The van der Waals surface area contributed by atoms with Gasteiger partial charge in [-0.15, -0.1) is 0 Å². The van der Waals surface area contributed by atoms with E-state index < -0.39 is 28.1 Å². The molecule has 0 saturated carbocycles. The summed E-state index contributed by atoms with van der Waals surface area (Å²) in [6, 6.07) is 4.27. The number of carbonyl (C=O) groups is 1. The Kier molecular flexibility index (Phi) is 4.86. The molecule has 1 N–H and O–H groups in total. The SMILES string of the molecule is CN1[C@@H](C(=O)N2CCOCC2)C[C@@H](c2ccc(F)cc2)NS1(=O)=O. The third kappa shape index (κ3) is 3.44. The van der Waals surface area contributed by atoms with Gasteiger partial charge in [-0.3, -0.25) is 4.79 Å². The lowest BCUT2D eigenvalue weighted by molar-refractivity contribution is -0.139. The quantitative estimate of drug-likeness (QED) is 0.824. The maximum Gasteiger partial charge on any atom is 0.280 e. The minimum Gasteiger partial charge on any atom is -0.378 e. The summed E-state index contributed by atoms with van der Waals surface area (Å²) in [5.74, 6) is -0.617. The van der Waals surface area contributed by atoms with Gasteiger partial charge in [-0.2, -0.15) is 17.4 Å². The molecule has 9 heteroatoms. The van der Waals surface area contributed by atoms with Crippen LogP contribution in [0.1, 0.15) is 18.0 Å². The molecule has 3 rings (SSSR count). The van der Waals surface area contributed by atoms with Crippen LogP contribution in [0.5, 0.6) is 0 Å². The summed E-state index contributed by atoms with van der Waals surface area (Å²) in [4.78, 5) is 14.4. The predicted molar refractivity (Wildman–Crippen MR) is 84.8 cm³/mol. The highest BCUT2D eigenvalue weighted by molar-refractivity contribution is 7.87. The molecule has 2 fully saturated rings. The Morgan fingerprint density at radius 3 is 2.50 bits per heavy atom. The molecule has 7 nitrogen and oxygen atoms in total. The standard InChI is InChI=1S/C15H20FN3O4S/c1-18-14(15(20)19-6-8-23-9-7-19)10-13(17-24(18,21)22)11-2-4-12(16)5-3-11/h2-5,13-14,17H,6-10H2,1H3/t13-,14+/m0/s1. The molecule has 0 spiro atoms. The van der Waals surface area contributed by atoms with Gasteiger partial charge in [0.15, 0.2) is 0 Å². The van der Waals surface area contributed by atoms with E-state index in [1.54, 1.807) is 4.90 Å². The molecule has 0 unspecified atom stereocenters. The first-order chi connectivity index (χ1) is 11.4. The van der Waals surface area contributed by atoms with Gasteiger partial charge in [-0.25, -0.2) is 4.39 Å². The molecule has 2 heterocycles. The Hall–Kier alpha value is -1.55. The van der Waals surface area contributed by atoms with E-state index in [1.807, 2.05) is 0 Å². The average molecular weight is 357 g/mol. The molecule has 0 radical (unpaired) electrons. The number of nitrogens with zero attached hydrogens (tertiary/aromatic N) is 2. The highest BCUT2D eigenvalue weighted by Crippen LogP contribution is 2.29. The van der Waals surface area contributed by atoms with E-state index in [0.29, 0.717) is 31.9 Å². The molecule has 1 amide bonds. The van der Waals surface area contributed by atoms with E-state index in [0.717, 1.165) is 4.31 Å². The van der Waals surface area contributed by atoms with Crippen LogP contribution in [0.25, 0.3) is 0 Å². The van der Waals surface area contributed by atoms with Gasteiger partial charge in [0.25, 0.3) is 10.2 Å². The number of benzene rings is 1. The molecule has 0 bridgehead atoms. The maximum atomic E-state index is 13.1. The number of nitrogens with one attached hydrogen (secondary N) is 1. The summed E-state index contributed by atoms with van der Waals surface area (Å²) in [6.45, 7) is 1.82. The summed E-state index contributed by atoms with van der Waals surface area (Å²) in [5, 5.41) is 0. The summed E-state index contributed by atoms with van der Waals surface area (Å²) < 4.78 is 46.7. The summed E-state index contributed by atoms with van der Waals surface area (Å²) in [6.07, 6.45) is 0.289. The van der Waals surface area contributed by atoms with E-state index in [4.69, 9.17) is 4.74 Å². The van der Waals surface area contributed by atoms with Gasteiger partial charge in [-0.1, -0.05) is 12.1 Å². The van der Waals surface area contributed by atoms with Crippen molar-refractivity contribution in [2.75, 3.05) is 33.4 Å². The van der Waals surface area contributed by atoms with Crippen molar-refractivity contribution in [3.63, 3.8) is 0 Å². The van der Waals surface area contributed by atoms with Crippen LogP contribution in [0, 0.1) is 5.82 Å². The third-order valence-electron chi connectivity index (χ3n) is 4.45. The van der Waals surface area contributed by atoms with Crippen LogP contribution in [0.3, 0.4) is 0 Å². The molecule has 2 aliphatic rings. The molecule has 0 aliphatic carbocycles. The maximum absolute atomic E-state index is 13.1. The van der Waals surface area contributed by atoms with E-state index in [1.165, 1.54) is 31.3 Å². The first-order valence-electron chi connectivity index (χ1n) is 7.76. The van der Waals surface area contributed by atoms with Gasteiger partial charge >= 0.3 is 0 Å². The number of likely N-dealkylation sites (N-methyl/N-ethyl adjacent to an activating group) is 1. The number of rotatable bonds is 2. The summed E-state index contributed by atoms with van der Waals surface area (Å²) in [7, 11) is -2.40. The number of ether oxygens (including phenoxy) is 1. The zero-order valence-electron chi connectivity index (χ0n) is 13.3. The van der Waals surface area contributed by atoms with E-state index in [2.05, 4.69) is 4.72 Å². The van der Waals surface area contributed by atoms with Crippen molar-refractivity contribution in [3.8, 4) is 0 Å². The van der Waals surface area contributed by atoms with Gasteiger partial charge in [0.1, 0.15) is 11.9 Å². The van der Waals surface area contributed by atoms with Crippen molar-refractivity contribution < 1.29 is 22.3 Å². The normalized spacial score (nSPS) is 27.8. The van der Waals surface area contributed by atoms with Crippen molar-refractivity contribution in [1.82, 2.24) is 13.9 Å². The zero-order chi connectivity index (χ0) is 17.3. The smallest absolute Gasteiger partial charge is 0.280 e. The van der Waals surface area contributed by atoms with Crippen molar-refractivity contribution in [1.29, 1.82) is 0 Å². The van der Waals surface area contributed by atoms with Crippen LogP contribution in [0.4, 0.5) is 4.39 Å². The van der Waals surface area contributed by atoms with Gasteiger partial charge in [0.05, 0.1) is 13.2 Å². The molecular formula is C15H20FN3O4S. The second kappa shape index (κ2) is 6.75. The monoisotopic (exact) mass is 357 g/mol. The second-order valence-electron chi connectivity index (χ2n) is 5.93. The average Bonchev–Trinajstić information content (AvgIpc) is 2.58. The van der Waals surface area contributed by atoms with E-state index >= 15 is 0 Å². The minimum absolute atomic E-state index is 0.224. The van der Waals surface area contributed by atoms with Crippen LogP contribution in [0.2, 0.25) is 0 Å². The van der Waals surface area contributed by atoms with Crippen molar-refractivity contribution in [3.05, 3.63) is 35.6 Å². The first-order valence-corrected chi connectivity index (χ1v) is 9.20. The lowest BCUT2D eigenvalue weighted by atomic mass is 9.99. The number of halogens is 1. The number of hydrogen-bond acceptors (Lipinski definition) is 4. The molecule has 0 aromatic heterocycles. The predicted octanol–water partition coefficient (Wildman–Crippen LogP) is 0.264. The molecule has 1 aromatic carbocycles. The van der Waals surface area contributed by atoms with Crippen molar-refractivity contribution in [2.45, 2.75) is 18.5 Å². The highest BCUT2D eigenvalue weighted by atomic mass is 32.2. The van der Waals surface area contributed by atoms with Crippen molar-refractivity contribution in [2.24, 2.45) is 0 Å². The molecule has 2 saturated heterocycles. The van der Waals surface area contributed by atoms with Crippen molar-refractivity contribution >= 4 is 16.1 Å². The largest absolute Gasteiger partial charge is 0.378 e. The lowest BCUT2D eigenvalue weighted by Gasteiger charge is -2.39. The second-order valence-corrected chi connectivity index (χ2v) is 7.69. The number of amides is 1. The fraction of sp³-hybridized carbons (Fsp3) is 0.533. The Morgan fingerprint density at radius 1 is 1.25 bits per heavy atom. The van der Waals surface area contributed by atoms with Gasteiger partial charge in [-0.05, 0) is 24.1 Å². The van der Waals surface area contributed by atoms with Crippen LogP contribution in [-0.2, 0) is 19.7 Å². The molecule has 24 heavy (non-hydrogen) atoms. The van der Waals surface area contributed by atoms with E-state index in [-0.39, 0.29) is 12.3 Å². The first kappa shape index (κ1) is 17.3. The van der Waals surface area contributed by atoms with Crippen LogP contribution >= 0.6 is 0 Å². The number of morpholine rings is 1. The Bertz CT molecular complexity index is 704. The zero-order valence-corrected chi connectivity index (χ0v) is 14.1. The molecular weight excluding hydrogens is 337 g/mol. The number of hydrogen-bond donors (Lipinski definition) is 1. The fourth-order valence-electron chi connectivity index (χ4n) is 3.00. The molecule has 132 valence electrons. The Morgan fingerprint density at radius 2 is 1.88 bits per heavy atom. The highest BCUT2D eigenvalue weighted by Gasteiger charge is 2.42. The summed E-state index contributed by atoms with van der Waals surface area (Å²) >= 11 is 0. The Labute approximate surface area is 140 Å².